The monoisotopic (exact) mass is 248 g/mol. The van der Waals surface area contributed by atoms with Gasteiger partial charge in [0, 0.05) is 6.54 Å². The lowest BCUT2D eigenvalue weighted by Gasteiger charge is -2.08. The van der Waals surface area contributed by atoms with Crippen LogP contribution < -0.4 is 11.1 Å². The van der Waals surface area contributed by atoms with Gasteiger partial charge < -0.3 is 14.8 Å². The molecule has 0 radical (unpaired) electrons. The molecule has 1 aromatic heterocycles. The maximum Gasteiger partial charge on any atom is 0.420 e. The van der Waals surface area contributed by atoms with Gasteiger partial charge in [0.05, 0.1) is 11.6 Å². The molecular formula is C12H12N2O4. The molecule has 0 bridgehead atoms. The SMILES string of the molecule is O=C(O)c1cccc2c1oc(=O)n2C1CCNC1. The maximum absolute atomic E-state index is 11.9. The van der Waals surface area contributed by atoms with Gasteiger partial charge in [-0.2, -0.15) is 0 Å². The van der Waals surface area contributed by atoms with Crippen LogP contribution in [0.15, 0.2) is 27.4 Å². The van der Waals surface area contributed by atoms with E-state index in [1.165, 1.54) is 6.07 Å². The van der Waals surface area contributed by atoms with E-state index >= 15 is 0 Å². The van der Waals surface area contributed by atoms with Gasteiger partial charge in [-0.25, -0.2) is 9.59 Å². The van der Waals surface area contributed by atoms with Gasteiger partial charge in [-0.15, -0.1) is 0 Å². The van der Waals surface area contributed by atoms with Crippen molar-refractivity contribution < 1.29 is 14.3 Å². The molecule has 1 aromatic carbocycles. The zero-order valence-corrected chi connectivity index (χ0v) is 9.55. The Hall–Kier alpha value is -2.08. The van der Waals surface area contributed by atoms with Crippen molar-refractivity contribution in [2.75, 3.05) is 13.1 Å². The van der Waals surface area contributed by atoms with E-state index < -0.39 is 11.7 Å². The summed E-state index contributed by atoms with van der Waals surface area (Å²) in [6.45, 7) is 1.55. The van der Waals surface area contributed by atoms with Crippen molar-refractivity contribution >= 4 is 17.1 Å². The molecule has 1 saturated heterocycles. The van der Waals surface area contributed by atoms with Gasteiger partial charge in [-0.3, -0.25) is 4.57 Å². The lowest BCUT2D eigenvalue weighted by molar-refractivity contribution is 0.0698. The first kappa shape index (κ1) is 11.0. The van der Waals surface area contributed by atoms with E-state index in [2.05, 4.69) is 5.32 Å². The lowest BCUT2D eigenvalue weighted by atomic mass is 10.2. The van der Waals surface area contributed by atoms with Crippen molar-refractivity contribution in [3.05, 3.63) is 34.3 Å². The standard InChI is InChI=1S/C12H12N2O4/c15-11(16)8-2-1-3-9-10(8)18-12(17)14(9)7-4-5-13-6-7/h1-3,7,13H,4-6H2,(H,15,16). The molecule has 0 aliphatic carbocycles. The maximum atomic E-state index is 11.9. The number of hydrogen-bond donors (Lipinski definition) is 2. The number of hydrogen-bond acceptors (Lipinski definition) is 4. The third kappa shape index (κ3) is 1.53. The van der Waals surface area contributed by atoms with Crippen molar-refractivity contribution in [3.8, 4) is 0 Å². The van der Waals surface area contributed by atoms with Crippen LogP contribution in [0, 0.1) is 0 Å². The predicted octanol–water partition coefficient (Wildman–Crippen LogP) is 0.827. The minimum absolute atomic E-state index is 0.0225. The molecule has 6 nitrogen and oxygen atoms in total. The Morgan fingerprint density at radius 3 is 3.00 bits per heavy atom. The highest BCUT2D eigenvalue weighted by molar-refractivity contribution is 5.99. The third-order valence-electron chi connectivity index (χ3n) is 3.27. The van der Waals surface area contributed by atoms with Crippen molar-refractivity contribution in [3.63, 3.8) is 0 Å². The highest BCUT2D eigenvalue weighted by Gasteiger charge is 2.24. The fourth-order valence-corrected chi connectivity index (χ4v) is 2.43. The second-order valence-corrected chi connectivity index (χ2v) is 4.34. The number of aromatic carboxylic acids is 1. The van der Waals surface area contributed by atoms with Crippen LogP contribution in [0.3, 0.4) is 0 Å². The molecule has 2 aromatic rings. The molecule has 18 heavy (non-hydrogen) atoms. The van der Waals surface area contributed by atoms with Gasteiger partial charge in [0.2, 0.25) is 0 Å². The summed E-state index contributed by atoms with van der Waals surface area (Å²) in [4.78, 5) is 22.9. The van der Waals surface area contributed by atoms with Gasteiger partial charge in [0.1, 0.15) is 5.56 Å². The number of aromatic nitrogens is 1. The molecule has 6 heteroatoms. The second kappa shape index (κ2) is 3.99. The van der Waals surface area contributed by atoms with E-state index in [0.717, 1.165) is 13.0 Å². The molecule has 1 unspecified atom stereocenters. The van der Waals surface area contributed by atoms with Gasteiger partial charge in [0.15, 0.2) is 5.58 Å². The number of benzene rings is 1. The van der Waals surface area contributed by atoms with Crippen molar-refractivity contribution in [1.82, 2.24) is 9.88 Å². The average molecular weight is 248 g/mol. The highest BCUT2D eigenvalue weighted by atomic mass is 16.4. The largest absolute Gasteiger partial charge is 0.478 e. The third-order valence-corrected chi connectivity index (χ3v) is 3.27. The molecule has 1 aliphatic rings. The Morgan fingerprint density at radius 2 is 2.33 bits per heavy atom. The normalized spacial score (nSPS) is 19.4. The number of nitrogens with one attached hydrogen (secondary N) is 1. The van der Waals surface area contributed by atoms with Crippen LogP contribution >= 0.6 is 0 Å². The molecule has 1 aliphatic heterocycles. The Kier molecular flexibility index (Phi) is 2.45. The Balaban J connectivity index is 2.27. The first-order chi connectivity index (χ1) is 8.68. The smallest absolute Gasteiger partial charge is 0.420 e. The van der Waals surface area contributed by atoms with Crippen LogP contribution in [0.5, 0.6) is 0 Å². The fourth-order valence-electron chi connectivity index (χ4n) is 2.43. The fraction of sp³-hybridized carbons (Fsp3) is 0.333. The van der Waals surface area contributed by atoms with Crippen LogP contribution in [0.1, 0.15) is 22.8 Å². The van der Waals surface area contributed by atoms with Crippen LogP contribution in [0.25, 0.3) is 11.1 Å². The number of oxazole rings is 1. The summed E-state index contributed by atoms with van der Waals surface area (Å²) >= 11 is 0. The quantitative estimate of drug-likeness (QED) is 0.822. The summed E-state index contributed by atoms with van der Waals surface area (Å²) < 4.78 is 6.65. The summed E-state index contributed by atoms with van der Waals surface area (Å²) in [5.74, 6) is -1.58. The average Bonchev–Trinajstić information content (AvgIpc) is 2.93. The van der Waals surface area contributed by atoms with Gasteiger partial charge in [-0.1, -0.05) is 6.07 Å². The molecule has 1 atom stereocenters. The highest BCUT2D eigenvalue weighted by Crippen LogP contribution is 2.23. The van der Waals surface area contributed by atoms with E-state index in [9.17, 15) is 9.59 Å². The van der Waals surface area contributed by atoms with Crippen LogP contribution in [-0.4, -0.2) is 28.7 Å². The molecular weight excluding hydrogens is 236 g/mol. The summed E-state index contributed by atoms with van der Waals surface area (Å²) in [5, 5.41) is 12.2. The molecule has 94 valence electrons. The van der Waals surface area contributed by atoms with Crippen LogP contribution in [-0.2, 0) is 0 Å². The van der Waals surface area contributed by atoms with E-state index in [1.54, 1.807) is 16.7 Å². The summed E-state index contributed by atoms with van der Waals surface area (Å²) in [6, 6.07) is 4.80. The number of fused-ring (bicyclic) bond motifs is 1. The zero-order chi connectivity index (χ0) is 12.7. The molecule has 1 fully saturated rings. The van der Waals surface area contributed by atoms with E-state index in [0.29, 0.717) is 12.1 Å². The zero-order valence-electron chi connectivity index (χ0n) is 9.55. The van der Waals surface area contributed by atoms with Crippen molar-refractivity contribution in [1.29, 1.82) is 0 Å². The van der Waals surface area contributed by atoms with Gasteiger partial charge in [0.25, 0.3) is 0 Å². The van der Waals surface area contributed by atoms with E-state index in [4.69, 9.17) is 9.52 Å². The number of nitrogens with zero attached hydrogens (tertiary/aromatic N) is 1. The van der Waals surface area contributed by atoms with Crippen LogP contribution in [0.2, 0.25) is 0 Å². The van der Waals surface area contributed by atoms with Gasteiger partial charge in [-0.05, 0) is 25.1 Å². The second-order valence-electron chi connectivity index (χ2n) is 4.34. The minimum Gasteiger partial charge on any atom is -0.478 e. The van der Waals surface area contributed by atoms with E-state index in [-0.39, 0.29) is 17.2 Å². The molecule has 2 N–H and O–H groups in total. The predicted molar refractivity (Wildman–Crippen MR) is 64.0 cm³/mol. The Bertz CT molecular complexity index is 664. The summed E-state index contributed by atoms with van der Waals surface area (Å²) in [6.07, 6.45) is 0.839. The van der Waals surface area contributed by atoms with E-state index in [1.807, 2.05) is 0 Å². The Morgan fingerprint density at radius 1 is 1.50 bits per heavy atom. The molecule has 0 amide bonds. The summed E-state index contributed by atoms with van der Waals surface area (Å²) in [5.41, 5.74) is 0.727. The molecule has 3 rings (SSSR count). The minimum atomic E-state index is -1.09. The molecule has 2 heterocycles. The molecule has 0 spiro atoms. The van der Waals surface area contributed by atoms with Gasteiger partial charge >= 0.3 is 11.7 Å². The Labute approximate surface area is 102 Å². The van der Waals surface area contributed by atoms with Crippen molar-refractivity contribution in [2.45, 2.75) is 12.5 Å². The number of carboxylic acids is 1. The van der Waals surface area contributed by atoms with Crippen molar-refractivity contribution in [2.24, 2.45) is 0 Å². The lowest BCUT2D eigenvalue weighted by Crippen LogP contribution is -2.22. The number of carbonyl (C=O) groups is 1. The number of para-hydroxylation sites is 1. The first-order valence-electron chi connectivity index (χ1n) is 5.76. The number of carboxylic acid groups (broad SMARTS) is 1. The van der Waals surface area contributed by atoms with Crippen LogP contribution in [0.4, 0.5) is 0 Å². The molecule has 0 saturated carbocycles. The number of rotatable bonds is 2. The topological polar surface area (TPSA) is 84.5 Å². The first-order valence-corrected chi connectivity index (χ1v) is 5.76. The summed E-state index contributed by atoms with van der Waals surface area (Å²) in [7, 11) is 0.